The number of carbonyl (C=O) groups excluding carboxylic acids is 1. The molecule has 40 heavy (non-hydrogen) atoms. The van der Waals surface area contributed by atoms with Crippen molar-refractivity contribution in [2.75, 3.05) is 13.7 Å². The van der Waals surface area contributed by atoms with Crippen LogP contribution >= 0.6 is 11.3 Å². The highest BCUT2D eigenvalue weighted by Crippen LogP contribution is 2.28. The van der Waals surface area contributed by atoms with Gasteiger partial charge in [0.1, 0.15) is 17.9 Å². The van der Waals surface area contributed by atoms with E-state index in [1.54, 1.807) is 12.1 Å². The van der Waals surface area contributed by atoms with E-state index in [0.29, 0.717) is 36.1 Å². The van der Waals surface area contributed by atoms with Crippen molar-refractivity contribution in [1.29, 1.82) is 0 Å². The van der Waals surface area contributed by atoms with Crippen LogP contribution in [0.5, 0.6) is 11.6 Å². The van der Waals surface area contributed by atoms with Gasteiger partial charge in [-0.3, -0.25) is 9.78 Å². The van der Waals surface area contributed by atoms with Gasteiger partial charge in [-0.05, 0) is 59.7 Å². The number of aryl methyl sites for hydroxylation is 1. The zero-order chi connectivity index (χ0) is 28.2. The maximum absolute atomic E-state index is 12.5. The number of H-pyrrole nitrogens is 1. The van der Waals surface area contributed by atoms with Crippen LogP contribution < -0.4 is 9.61 Å². The van der Waals surface area contributed by atoms with E-state index in [1.807, 2.05) is 18.5 Å². The maximum atomic E-state index is 12.5. The number of rotatable bonds is 10. The zero-order valence-corrected chi connectivity index (χ0v) is 23.5. The summed E-state index contributed by atoms with van der Waals surface area (Å²) in [5.74, 6) is 0.0692. The summed E-state index contributed by atoms with van der Waals surface area (Å²) in [5.41, 5.74) is 6.74. The quantitative estimate of drug-likeness (QED) is 0.217. The van der Waals surface area contributed by atoms with Gasteiger partial charge in [-0.15, -0.1) is 0 Å². The monoisotopic (exact) mass is 557 g/mol. The van der Waals surface area contributed by atoms with Crippen molar-refractivity contribution in [1.82, 2.24) is 14.5 Å². The largest absolute Gasteiger partial charge is 0.494 e. The third-order valence-electron chi connectivity index (χ3n) is 7.00. The molecule has 3 aromatic carbocycles. The summed E-state index contributed by atoms with van der Waals surface area (Å²) in [4.78, 5) is 31.2. The van der Waals surface area contributed by atoms with Gasteiger partial charge >= 0.3 is 10.8 Å². The first-order valence-electron chi connectivity index (χ1n) is 13.1. The fourth-order valence-electron chi connectivity index (χ4n) is 4.91. The average Bonchev–Trinajstić information content (AvgIpc) is 3.51. The van der Waals surface area contributed by atoms with Gasteiger partial charge in [0, 0.05) is 6.42 Å². The number of aromatic hydroxyl groups is 1. The molecule has 0 spiro atoms. The minimum atomic E-state index is -0.524. The van der Waals surface area contributed by atoms with E-state index in [4.69, 9.17) is 9.47 Å². The van der Waals surface area contributed by atoms with Crippen molar-refractivity contribution >= 4 is 28.3 Å². The number of thiazole rings is 1. The number of benzene rings is 3. The van der Waals surface area contributed by atoms with E-state index in [-0.39, 0.29) is 16.3 Å². The lowest BCUT2D eigenvalue weighted by Crippen LogP contribution is -2.11. The van der Waals surface area contributed by atoms with Crippen molar-refractivity contribution in [3.05, 3.63) is 109 Å². The highest BCUT2D eigenvalue weighted by atomic mass is 32.1. The van der Waals surface area contributed by atoms with Crippen molar-refractivity contribution in [2.24, 2.45) is 0 Å². The molecule has 0 radical (unpaired) electrons. The van der Waals surface area contributed by atoms with Gasteiger partial charge in [0.2, 0.25) is 5.88 Å². The number of nitrogens with one attached hydrogen (secondary N) is 1. The number of hydrogen-bond acceptors (Lipinski definition) is 7. The normalized spacial score (nSPS) is 12.0. The van der Waals surface area contributed by atoms with Crippen molar-refractivity contribution < 1.29 is 19.4 Å². The summed E-state index contributed by atoms with van der Waals surface area (Å²) < 4.78 is 13.1. The fraction of sp³-hybridized carbons (Fsp3) is 0.258. The molecule has 0 saturated carbocycles. The number of methoxy groups -OCH3 is 1. The second-order valence-electron chi connectivity index (χ2n) is 9.87. The molecule has 2 N–H and O–H groups in total. The molecular formula is C31H31N3O5S. The van der Waals surface area contributed by atoms with E-state index in [0.717, 1.165) is 39.9 Å². The van der Waals surface area contributed by atoms with E-state index in [1.165, 1.54) is 18.2 Å². The third kappa shape index (κ3) is 5.94. The number of carbonyl (C=O) groups is 1. The molecule has 2 aromatic heterocycles. The minimum absolute atomic E-state index is 0.157. The molecule has 0 fully saturated rings. The Morgan fingerprint density at radius 2 is 1.93 bits per heavy atom. The number of nitrogens with zero attached hydrogens (tertiary/aromatic N) is 2. The molecule has 0 aliphatic heterocycles. The molecule has 0 saturated heterocycles. The van der Waals surface area contributed by atoms with Gasteiger partial charge in [-0.2, -0.15) is 0 Å². The van der Waals surface area contributed by atoms with Crippen molar-refractivity contribution in [2.45, 2.75) is 39.2 Å². The number of esters is 1. The van der Waals surface area contributed by atoms with E-state index in [2.05, 4.69) is 64.8 Å². The summed E-state index contributed by atoms with van der Waals surface area (Å²) in [7, 11) is 1.32. The van der Waals surface area contributed by atoms with Crippen molar-refractivity contribution in [3.63, 3.8) is 0 Å². The Labute approximate surface area is 235 Å². The zero-order valence-electron chi connectivity index (χ0n) is 22.6. The fourth-order valence-corrected chi connectivity index (χ4v) is 5.66. The van der Waals surface area contributed by atoms with E-state index >= 15 is 0 Å². The number of ether oxygens (including phenoxy) is 2. The Kier molecular flexibility index (Phi) is 8.02. The lowest BCUT2D eigenvalue weighted by atomic mass is 9.92. The second-order valence-corrected chi connectivity index (χ2v) is 10.9. The summed E-state index contributed by atoms with van der Waals surface area (Å²) in [5, 5.41) is 9.92. The lowest BCUT2D eigenvalue weighted by Gasteiger charge is -2.15. The van der Waals surface area contributed by atoms with Crippen LogP contribution in [0.1, 0.15) is 50.3 Å². The van der Waals surface area contributed by atoms with Crippen LogP contribution in [0.2, 0.25) is 0 Å². The van der Waals surface area contributed by atoms with Crippen LogP contribution in [-0.4, -0.2) is 39.3 Å². The summed E-state index contributed by atoms with van der Waals surface area (Å²) in [6, 6.07) is 20.1. The van der Waals surface area contributed by atoms with Gasteiger partial charge in [0.15, 0.2) is 0 Å². The molecule has 8 nitrogen and oxygen atoms in total. The predicted molar refractivity (Wildman–Crippen MR) is 156 cm³/mol. The van der Waals surface area contributed by atoms with Gasteiger partial charge < -0.3 is 19.1 Å². The second kappa shape index (κ2) is 11.8. The molecule has 1 atom stereocenters. The number of fused-ring (bicyclic) bond motifs is 1. The van der Waals surface area contributed by atoms with Crippen LogP contribution in [0.4, 0.5) is 0 Å². The number of aromatic nitrogens is 3. The molecule has 1 unspecified atom stereocenters. The Morgan fingerprint density at radius 3 is 2.65 bits per heavy atom. The topological polar surface area (TPSA) is 106 Å². The maximum Gasteiger partial charge on any atom is 0.341 e. The summed E-state index contributed by atoms with van der Waals surface area (Å²) in [6.07, 6.45) is 3.08. The van der Waals surface area contributed by atoms with Crippen LogP contribution in [-0.2, 0) is 24.1 Å². The highest BCUT2D eigenvalue weighted by molar-refractivity contribution is 7.09. The molecule has 206 valence electrons. The first-order valence-corrected chi connectivity index (χ1v) is 13.9. The summed E-state index contributed by atoms with van der Waals surface area (Å²) in [6.45, 7) is 5.19. The van der Waals surface area contributed by atoms with Gasteiger partial charge in [-0.25, -0.2) is 9.78 Å². The molecule has 0 aliphatic rings. The predicted octanol–water partition coefficient (Wildman–Crippen LogP) is 5.60. The smallest absolute Gasteiger partial charge is 0.341 e. The van der Waals surface area contributed by atoms with Gasteiger partial charge in [-0.1, -0.05) is 60.7 Å². The first kappa shape index (κ1) is 27.2. The SMILES string of the molecule is COC(=O)c1cc(Cc2sc(=O)[nH]c2O)ccc1OCCn1cnc2c(C)cc(C(C)Cc3ccccc3)cc21. The molecular weight excluding hydrogens is 526 g/mol. The molecule has 2 heterocycles. The molecule has 0 amide bonds. The van der Waals surface area contributed by atoms with Gasteiger partial charge in [0.25, 0.3) is 0 Å². The molecule has 0 bridgehead atoms. The molecule has 0 aliphatic carbocycles. The van der Waals surface area contributed by atoms with Crippen LogP contribution in [0.15, 0.2) is 71.8 Å². The third-order valence-corrected chi connectivity index (χ3v) is 7.87. The molecule has 9 heteroatoms. The molecule has 5 rings (SSSR count). The standard InChI is InChI=1S/C31H31N3O5S/c1-19(13-21-7-5-4-6-8-21)23-14-20(2)28-25(17-23)34(18-32-28)11-12-39-26-10-9-22(15-24(26)30(36)38-3)16-27-29(35)33-31(37)40-27/h4-10,14-15,17-19,35H,11-13,16H2,1-3H3,(H,33,37). The minimum Gasteiger partial charge on any atom is -0.494 e. The Hall–Kier alpha value is -4.37. The summed E-state index contributed by atoms with van der Waals surface area (Å²) >= 11 is 0.933. The van der Waals surface area contributed by atoms with Crippen LogP contribution in [0, 0.1) is 6.92 Å². The lowest BCUT2D eigenvalue weighted by molar-refractivity contribution is 0.0595. The van der Waals surface area contributed by atoms with Crippen LogP contribution in [0.3, 0.4) is 0 Å². The van der Waals surface area contributed by atoms with Gasteiger partial charge in [0.05, 0.1) is 35.9 Å². The Morgan fingerprint density at radius 1 is 1.12 bits per heavy atom. The first-order chi connectivity index (χ1) is 19.3. The van der Waals surface area contributed by atoms with E-state index < -0.39 is 5.97 Å². The highest BCUT2D eigenvalue weighted by Gasteiger charge is 2.17. The van der Waals surface area contributed by atoms with E-state index in [9.17, 15) is 14.7 Å². The Balaban J connectivity index is 1.32. The number of aromatic amines is 1. The Bertz CT molecular complexity index is 1700. The molecule has 5 aromatic rings. The van der Waals surface area contributed by atoms with Crippen LogP contribution in [0.25, 0.3) is 11.0 Å². The van der Waals surface area contributed by atoms with Crippen molar-refractivity contribution in [3.8, 4) is 11.6 Å². The number of imidazole rings is 1. The number of hydrogen-bond donors (Lipinski definition) is 2. The average molecular weight is 558 g/mol.